The van der Waals surface area contributed by atoms with E-state index in [1.54, 1.807) is 0 Å². The number of carbonyl (C=O) groups is 1. The van der Waals surface area contributed by atoms with Crippen molar-refractivity contribution in [1.29, 1.82) is 0 Å². The third-order valence-electron chi connectivity index (χ3n) is 6.47. The molecule has 1 amide bonds. The first kappa shape index (κ1) is 16.0. The summed E-state index contributed by atoms with van der Waals surface area (Å²) in [5, 5.41) is 0. The van der Waals surface area contributed by atoms with Crippen molar-refractivity contribution in [3.8, 4) is 0 Å². The van der Waals surface area contributed by atoms with E-state index in [0.29, 0.717) is 12.0 Å². The molecule has 3 fully saturated rings. The molecule has 0 bridgehead atoms. The third-order valence-corrected chi connectivity index (χ3v) is 6.47. The molecule has 3 aliphatic rings. The lowest BCUT2D eigenvalue weighted by molar-refractivity contribution is -0.0321. The zero-order valence-corrected chi connectivity index (χ0v) is 14.6. The smallest absolute Gasteiger partial charge is 0.410 e. The molecule has 3 heteroatoms. The monoisotopic (exact) mass is 327 g/mol. The average molecular weight is 327 g/mol. The Morgan fingerprint density at radius 1 is 0.958 bits per heavy atom. The Bertz CT molecular complexity index is 562. The molecule has 1 aliphatic heterocycles. The van der Waals surface area contributed by atoms with Crippen LogP contribution in [0.2, 0.25) is 0 Å². The maximum atomic E-state index is 13.1. The van der Waals surface area contributed by atoms with Crippen molar-refractivity contribution in [2.24, 2.45) is 5.92 Å². The highest BCUT2D eigenvalue weighted by Gasteiger charge is 2.43. The van der Waals surface area contributed by atoms with Crippen LogP contribution in [0, 0.1) is 5.92 Å². The maximum absolute atomic E-state index is 13.1. The molecule has 1 aromatic rings. The van der Waals surface area contributed by atoms with Gasteiger partial charge in [-0.1, -0.05) is 43.2 Å². The normalized spacial score (nSPS) is 29.1. The lowest BCUT2D eigenvalue weighted by Gasteiger charge is -2.44. The molecule has 2 unspecified atom stereocenters. The Hall–Kier alpha value is -1.51. The summed E-state index contributed by atoms with van der Waals surface area (Å²) < 4.78 is 6.26. The molecule has 0 spiro atoms. The standard InChI is InChI=1S/C21H29NO2/c23-20(22-16-8-10-17-9-4-5-13-19(17)22)24-21(14-6-7-15-21)18-11-2-1-3-12-18/h1-3,11-12,17,19H,4-10,13-16H2. The van der Waals surface area contributed by atoms with E-state index in [4.69, 9.17) is 4.74 Å². The van der Waals surface area contributed by atoms with E-state index < -0.39 is 0 Å². The fourth-order valence-corrected chi connectivity index (χ4v) is 5.21. The summed E-state index contributed by atoms with van der Waals surface area (Å²) in [4.78, 5) is 15.2. The van der Waals surface area contributed by atoms with Crippen molar-refractivity contribution < 1.29 is 9.53 Å². The van der Waals surface area contributed by atoms with E-state index in [0.717, 1.165) is 45.1 Å². The second-order valence-electron chi connectivity index (χ2n) is 7.88. The topological polar surface area (TPSA) is 29.5 Å². The van der Waals surface area contributed by atoms with Gasteiger partial charge in [0.2, 0.25) is 0 Å². The summed E-state index contributed by atoms with van der Waals surface area (Å²) in [5.41, 5.74) is 0.785. The molecule has 130 valence electrons. The van der Waals surface area contributed by atoms with Gasteiger partial charge in [0.05, 0.1) is 0 Å². The Morgan fingerprint density at radius 2 is 1.67 bits per heavy atom. The Kier molecular flexibility index (Phi) is 4.51. The van der Waals surface area contributed by atoms with E-state index in [1.807, 2.05) is 6.07 Å². The number of fused-ring (bicyclic) bond motifs is 1. The lowest BCUT2D eigenvalue weighted by atomic mass is 9.78. The molecule has 2 aliphatic carbocycles. The number of hydrogen-bond donors (Lipinski definition) is 0. The molecule has 1 saturated heterocycles. The van der Waals surface area contributed by atoms with Gasteiger partial charge in [0.25, 0.3) is 0 Å². The number of piperidine rings is 1. The fourth-order valence-electron chi connectivity index (χ4n) is 5.21. The minimum atomic E-state index is -0.389. The van der Waals surface area contributed by atoms with Crippen LogP contribution in [0.1, 0.15) is 69.8 Å². The van der Waals surface area contributed by atoms with Crippen LogP contribution in [-0.2, 0) is 10.3 Å². The number of benzene rings is 1. The molecular weight excluding hydrogens is 298 g/mol. The van der Waals surface area contributed by atoms with Crippen molar-refractivity contribution in [1.82, 2.24) is 4.90 Å². The quantitative estimate of drug-likeness (QED) is 0.742. The maximum Gasteiger partial charge on any atom is 0.410 e. The molecule has 24 heavy (non-hydrogen) atoms. The Labute approximate surface area is 145 Å². The van der Waals surface area contributed by atoms with E-state index >= 15 is 0 Å². The van der Waals surface area contributed by atoms with Crippen molar-refractivity contribution in [2.45, 2.75) is 75.9 Å². The van der Waals surface area contributed by atoms with Gasteiger partial charge >= 0.3 is 6.09 Å². The van der Waals surface area contributed by atoms with E-state index in [9.17, 15) is 4.79 Å². The molecule has 0 radical (unpaired) electrons. The van der Waals surface area contributed by atoms with Crippen LogP contribution >= 0.6 is 0 Å². The number of nitrogens with zero attached hydrogens (tertiary/aromatic N) is 1. The van der Waals surface area contributed by atoms with Gasteiger partial charge in [0.1, 0.15) is 5.60 Å². The molecule has 2 saturated carbocycles. The summed E-state index contributed by atoms with van der Waals surface area (Å²) in [6.07, 6.45) is 11.6. The molecule has 1 heterocycles. The first-order chi connectivity index (χ1) is 11.8. The van der Waals surface area contributed by atoms with Gasteiger partial charge in [-0.2, -0.15) is 0 Å². The van der Waals surface area contributed by atoms with Crippen molar-refractivity contribution in [2.75, 3.05) is 6.54 Å². The van der Waals surface area contributed by atoms with Crippen LogP contribution < -0.4 is 0 Å². The van der Waals surface area contributed by atoms with Crippen LogP contribution in [0.4, 0.5) is 4.79 Å². The zero-order valence-electron chi connectivity index (χ0n) is 14.6. The Morgan fingerprint density at radius 3 is 2.46 bits per heavy atom. The molecule has 2 atom stereocenters. The lowest BCUT2D eigenvalue weighted by Crippen LogP contribution is -2.51. The van der Waals surface area contributed by atoms with Crippen LogP contribution in [-0.4, -0.2) is 23.6 Å². The minimum Gasteiger partial charge on any atom is -0.438 e. The molecule has 1 aromatic carbocycles. The molecule has 3 nitrogen and oxygen atoms in total. The third kappa shape index (κ3) is 2.94. The van der Waals surface area contributed by atoms with Crippen LogP contribution in [0.15, 0.2) is 30.3 Å². The molecule has 0 N–H and O–H groups in total. The van der Waals surface area contributed by atoms with Gasteiger partial charge < -0.3 is 9.64 Å². The number of rotatable bonds is 2. The first-order valence-corrected chi connectivity index (χ1v) is 9.84. The predicted molar refractivity (Wildman–Crippen MR) is 94.8 cm³/mol. The van der Waals surface area contributed by atoms with Gasteiger partial charge in [-0.3, -0.25) is 0 Å². The summed E-state index contributed by atoms with van der Waals surface area (Å²) in [5.74, 6) is 0.705. The highest BCUT2D eigenvalue weighted by Crippen LogP contribution is 2.43. The first-order valence-electron chi connectivity index (χ1n) is 9.84. The summed E-state index contributed by atoms with van der Waals surface area (Å²) in [6, 6.07) is 10.8. The number of likely N-dealkylation sites (tertiary alicyclic amines) is 1. The number of amides is 1. The van der Waals surface area contributed by atoms with E-state index in [2.05, 4.69) is 29.2 Å². The van der Waals surface area contributed by atoms with E-state index in [-0.39, 0.29) is 11.7 Å². The second-order valence-corrected chi connectivity index (χ2v) is 7.88. The summed E-state index contributed by atoms with van der Waals surface area (Å²) in [6.45, 7) is 0.880. The van der Waals surface area contributed by atoms with Crippen molar-refractivity contribution in [3.63, 3.8) is 0 Å². The number of ether oxygens (including phenoxy) is 1. The molecular formula is C21H29NO2. The summed E-state index contributed by atoms with van der Waals surface area (Å²) >= 11 is 0. The number of carbonyl (C=O) groups excluding carboxylic acids is 1. The van der Waals surface area contributed by atoms with Gasteiger partial charge in [-0.05, 0) is 62.8 Å². The van der Waals surface area contributed by atoms with Gasteiger partial charge in [0, 0.05) is 12.6 Å². The average Bonchev–Trinajstić information content (AvgIpc) is 3.11. The van der Waals surface area contributed by atoms with Crippen LogP contribution in [0.3, 0.4) is 0 Å². The number of hydrogen-bond acceptors (Lipinski definition) is 2. The molecule has 4 rings (SSSR count). The highest BCUT2D eigenvalue weighted by atomic mass is 16.6. The fraction of sp³-hybridized carbons (Fsp3) is 0.667. The van der Waals surface area contributed by atoms with Crippen molar-refractivity contribution >= 4 is 6.09 Å². The van der Waals surface area contributed by atoms with Crippen molar-refractivity contribution in [3.05, 3.63) is 35.9 Å². The predicted octanol–water partition coefficient (Wildman–Crippen LogP) is 5.25. The zero-order chi connectivity index (χ0) is 16.4. The second kappa shape index (κ2) is 6.78. The minimum absolute atomic E-state index is 0.0580. The van der Waals surface area contributed by atoms with Crippen LogP contribution in [0.5, 0.6) is 0 Å². The molecule has 0 aromatic heterocycles. The van der Waals surface area contributed by atoms with E-state index in [1.165, 1.54) is 31.2 Å². The van der Waals surface area contributed by atoms with Gasteiger partial charge in [-0.25, -0.2) is 4.79 Å². The van der Waals surface area contributed by atoms with Crippen LogP contribution in [0.25, 0.3) is 0 Å². The van der Waals surface area contributed by atoms with Gasteiger partial charge in [0.15, 0.2) is 0 Å². The summed E-state index contributed by atoms with van der Waals surface area (Å²) in [7, 11) is 0. The Balaban J connectivity index is 1.53. The largest absolute Gasteiger partial charge is 0.438 e. The SMILES string of the molecule is O=C(OC1(c2ccccc2)CCCC1)N1CCCC2CCCCC21. The van der Waals surface area contributed by atoms with Gasteiger partial charge in [-0.15, -0.1) is 0 Å². The highest BCUT2D eigenvalue weighted by molar-refractivity contribution is 5.69.